The van der Waals surface area contributed by atoms with Crippen molar-refractivity contribution < 1.29 is 9.18 Å². The van der Waals surface area contributed by atoms with E-state index in [-0.39, 0.29) is 17.6 Å². The molecule has 6 heteroatoms. The van der Waals surface area contributed by atoms with E-state index in [1.807, 2.05) is 35.2 Å². The topological polar surface area (TPSA) is 64.8 Å². The summed E-state index contributed by atoms with van der Waals surface area (Å²) >= 11 is 0. The monoisotopic (exact) mass is 388 g/mol. The van der Waals surface area contributed by atoms with E-state index in [4.69, 9.17) is 0 Å². The highest BCUT2D eigenvalue weighted by Gasteiger charge is 2.28. The number of rotatable bonds is 3. The van der Waals surface area contributed by atoms with Crippen molar-refractivity contribution in [3.63, 3.8) is 0 Å². The Labute approximate surface area is 167 Å². The lowest BCUT2D eigenvalue weighted by Gasteiger charge is -2.32. The maximum Gasteiger partial charge on any atom is 0.256 e. The van der Waals surface area contributed by atoms with Crippen LogP contribution in [0.3, 0.4) is 0 Å². The Bertz CT molecular complexity index is 1170. The van der Waals surface area contributed by atoms with Gasteiger partial charge in [0.15, 0.2) is 0 Å². The highest BCUT2D eigenvalue weighted by molar-refractivity contribution is 6.06. The van der Waals surface area contributed by atoms with Gasteiger partial charge in [-0.1, -0.05) is 30.3 Å². The zero-order valence-electron chi connectivity index (χ0n) is 15.9. The van der Waals surface area contributed by atoms with Gasteiger partial charge in [-0.05, 0) is 36.6 Å². The van der Waals surface area contributed by atoms with Gasteiger partial charge in [0.1, 0.15) is 5.82 Å². The number of hydrogen-bond acceptors (Lipinski definition) is 2. The minimum atomic E-state index is -0.256. The number of amides is 1. The van der Waals surface area contributed by atoms with Crippen molar-refractivity contribution >= 4 is 16.8 Å². The van der Waals surface area contributed by atoms with Crippen LogP contribution < -0.4 is 0 Å². The average Bonchev–Trinajstić information content (AvgIpc) is 3.41. The van der Waals surface area contributed by atoms with Crippen molar-refractivity contribution in [2.75, 3.05) is 13.1 Å². The van der Waals surface area contributed by atoms with Crippen molar-refractivity contribution in [1.29, 1.82) is 0 Å². The van der Waals surface area contributed by atoms with Gasteiger partial charge in [-0.2, -0.15) is 5.10 Å². The van der Waals surface area contributed by atoms with Gasteiger partial charge < -0.3 is 9.88 Å². The van der Waals surface area contributed by atoms with Crippen LogP contribution in [0.25, 0.3) is 22.0 Å². The molecule has 1 saturated heterocycles. The normalized spacial score (nSPS) is 15.1. The summed E-state index contributed by atoms with van der Waals surface area (Å²) in [7, 11) is 0. The highest BCUT2D eigenvalue weighted by atomic mass is 19.1. The maximum absolute atomic E-state index is 13.6. The lowest BCUT2D eigenvalue weighted by Crippen LogP contribution is -2.38. The van der Waals surface area contributed by atoms with Gasteiger partial charge in [0.2, 0.25) is 0 Å². The molecule has 1 aliphatic rings. The molecule has 3 heterocycles. The number of halogens is 1. The number of benzene rings is 2. The van der Waals surface area contributed by atoms with Gasteiger partial charge >= 0.3 is 0 Å². The van der Waals surface area contributed by atoms with E-state index in [0.29, 0.717) is 13.1 Å². The smallest absolute Gasteiger partial charge is 0.256 e. The van der Waals surface area contributed by atoms with Crippen molar-refractivity contribution in [3.8, 4) is 11.1 Å². The minimum absolute atomic E-state index is 0.0656. The van der Waals surface area contributed by atoms with Gasteiger partial charge in [0.25, 0.3) is 5.91 Å². The Hall–Kier alpha value is -3.41. The molecular formula is C23H21FN4O. The molecule has 4 aromatic rings. The fourth-order valence-electron chi connectivity index (χ4n) is 4.28. The predicted octanol–water partition coefficient (Wildman–Crippen LogP) is 4.72. The maximum atomic E-state index is 13.6. The number of nitrogens with one attached hydrogen (secondary N) is 2. The second kappa shape index (κ2) is 7.20. The number of carbonyl (C=O) groups is 1. The summed E-state index contributed by atoms with van der Waals surface area (Å²) in [4.78, 5) is 18.1. The van der Waals surface area contributed by atoms with Gasteiger partial charge in [-0.3, -0.25) is 9.89 Å². The highest BCUT2D eigenvalue weighted by Crippen LogP contribution is 2.34. The zero-order chi connectivity index (χ0) is 19.8. The van der Waals surface area contributed by atoms with Crippen LogP contribution in [0.15, 0.2) is 60.9 Å². The van der Waals surface area contributed by atoms with Crippen LogP contribution >= 0.6 is 0 Å². The van der Waals surface area contributed by atoms with Crippen molar-refractivity contribution in [3.05, 3.63) is 78.0 Å². The zero-order valence-corrected chi connectivity index (χ0v) is 15.9. The van der Waals surface area contributed by atoms with Gasteiger partial charge in [-0.25, -0.2) is 4.39 Å². The Morgan fingerprint density at radius 3 is 2.76 bits per heavy atom. The fourth-order valence-corrected chi connectivity index (χ4v) is 4.28. The molecule has 5 nitrogen and oxygen atoms in total. The molecule has 1 fully saturated rings. The number of piperidine rings is 1. The third-order valence-corrected chi connectivity index (χ3v) is 5.81. The molecule has 0 saturated carbocycles. The van der Waals surface area contributed by atoms with Gasteiger partial charge in [0.05, 0.1) is 11.8 Å². The van der Waals surface area contributed by atoms with E-state index >= 15 is 0 Å². The quantitative estimate of drug-likeness (QED) is 0.533. The van der Waals surface area contributed by atoms with Crippen LogP contribution in [-0.4, -0.2) is 39.1 Å². The van der Waals surface area contributed by atoms with Crippen LogP contribution in [-0.2, 0) is 0 Å². The molecule has 0 bridgehead atoms. The summed E-state index contributed by atoms with van der Waals surface area (Å²) in [6, 6.07) is 14.4. The first kappa shape index (κ1) is 17.7. The Kier molecular flexibility index (Phi) is 4.39. The molecule has 2 aromatic carbocycles. The average molecular weight is 388 g/mol. The summed E-state index contributed by atoms with van der Waals surface area (Å²) in [6.45, 7) is 1.37. The standard InChI is InChI=1S/C23H21FN4O/c24-17-5-3-4-16(12-17)19-14-26-27-22(19)15-8-10-28(11-9-15)23(29)20-13-25-21-7-2-1-6-18(20)21/h1-7,12-15,25H,8-11H2,(H,26,27). The number of aromatic nitrogens is 3. The van der Waals surface area contributed by atoms with E-state index in [0.717, 1.165) is 46.1 Å². The van der Waals surface area contributed by atoms with Crippen LogP contribution in [0.4, 0.5) is 4.39 Å². The summed E-state index contributed by atoms with van der Waals surface area (Å²) in [5.74, 6) is 0.0763. The molecule has 2 N–H and O–H groups in total. The number of carbonyl (C=O) groups excluding carboxylic acids is 1. The lowest BCUT2D eigenvalue weighted by molar-refractivity contribution is 0.0714. The van der Waals surface area contributed by atoms with Crippen molar-refractivity contribution in [1.82, 2.24) is 20.1 Å². The number of likely N-dealkylation sites (tertiary alicyclic amines) is 1. The predicted molar refractivity (Wildman–Crippen MR) is 110 cm³/mol. The van der Waals surface area contributed by atoms with Crippen LogP contribution in [0.2, 0.25) is 0 Å². The molecule has 29 heavy (non-hydrogen) atoms. The first-order valence-corrected chi connectivity index (χ1v) is 9.85. The summed E-state index contributed by atoms with van der Waals surface area (Å²) in [5.41, 5.74) is 4.48. The number of hydrogen-bond donors (Lipinski definition) is 2. The van der Waals surface area contributed by atoms with Crippen LogP contribution in [0, 0.1) is 5.82 Å². The molecule has 0 atom stereocenters. The number of aromatic amines is 2. The first-order valence-electron chi connectivity index (χ1n) is 9.85. The number of fused-ring (bicyclic) bond motifs is 1. The Morgan fingerprint density at radius 1 is 1.10 bits per heavy atom. The van der Waals surface area contributed by atoms with Crippen LogP contribution in [0.5, 0.6) is 0 Å². The Morgan fingerprint density at radius 2 is 1.93 bits per heavy atom. The second-order valence-electron chi connectivity index (χ2n) is 7.52. The number of para-hydroxylation sites is 1. The van der Waals surface area contributed by atoms with Gasteiger partial charge in [-0.15, -0.1) is 0 Å². The van der Waals surface area contributed by atoms with E-state index in [9.17, 15) is 9.18 Å². The Balaban J connectivity index is 1.33. The summed E-state index contributed by atoms with van der Waals surface area (Å²) in [6.07, 6.45) is 5.25. The van der Waals surface area contributed by atoms with E-state index in [2.05, 4.69) is 15.2 Å². The molecule has 146 valence electrons. The van der Waals surface area contributed by atoms with Crippen molar-refractivity contribution in [2.24, 2.45) is 0 Å². The number of nitrogens with zero attached hydrogens (tertiary/aromatic N) is 2. The van der Waals surface area contributed by atoms with E-state index in [1.165, 1.54) is 12.1 Å². The molecule has 0 radical (unpaired) electrons. The minimum Gasteiger partial charge on any atom is -0.360 e. The molecule has 2 aromatic heterocycles. The fraction of sp³-hybridized carbons (Fsp3) is 0.217. The molecule has 5 rings (SSSR count). The SMILES string of the molecule is O=C(c1c[nH]c2ccccc12)N1CCC(c2[nH]ncc2-c2cccc(F)c2)CC1. The van der Waals surface area contributed by atoms with E-state index in [1.54, 1.807) is 18.5 Å². The molecular weight excluding hydrogens is 367 g/mol. The molecule has 1 aliphatic heterocycles. The second-order valence-corrected chi connectivity index (χ2v) is 7.52. The third-order valence-electron chi connectivity index (χ3n) is 5.81. The lowest BCUT2D eigenvalue weighted by atomic mass is 9.89. The largest absolute Gasteiger partial charge is 0.360 e. The molecule has 0 unspecified atom stereocenters. The molecule has 0 aliphatic carbocycles. The third kappa shape index (κ3) is 3.20. The first-order chi connectivity index (χ1) is 14.2. The summed E-state index contributed by atoms with van der Waals surface area (Å²) in [5, 5.41) is 8.27. The number of H-pyrrole nitrogens is 2. The van der Waals surface area contributed by atoms with Crippen molar-refractivity contribution in [2.45, 2.75) is 18.8 Å². The molecule has 1 amide bonds. The van der Waals surface area contributed by atoms with Gasteiger partial charge in [0, 0.05) is 47.4 Å². The molecule has 0 spiro atoms. The van der Waals surface area contributed by atoms with E-state index < -0.39 is 0 Å². The van der Waals surface area contributed by atoms with Crippen LogP contribution in [0.1, 0.15) is 34.8 Å². The summed E-state index contributed by atoms with van der Waals surface area (Å²) < 4.78 is 13.6.